The largest absolute Gasteiger partial charge is 0.483 e. The normalized spacial score (nSPS) is 10.4. The van der Waals surface area contributed by atoms with Gasteiger partial charge in [-0.3, -0.25) is 9.59 Å². The van der Waals surface area contributed by atoms with E-state index in [1.165, 1.54) is 24.3 Å². The van der Waals surface area contributed by atoms with Crippen molar-refractivity contribution in [2.75, 3.05) is 0 Å². The van der Waals surface area contributed by atoms with Gasteiger partial charge in [0.15, 0.2) is 5.75 Å². The third-order valence-corrected chi connectivity index (χ3v) is 4.09. The van der Waals surface area contributed by atoms with Gasteiger partial charge in [0, 0.05) is 18.8 Å². The minimum Gasteiger partial charge on any atom is -0.483 e. The van der Waals surface area contributed by atoms with Gasteiger partial charge in [0.05, 0.1) is 18.3 Å². The van der Waals surface area contributed by atoms with Crippen molar-refractivity contribution in [2.45, 2.75) is 13.2 Å². The number of hydrogen-bond acceptors (Lipinski definition) is 3. The second-order valence-electron chi connectivity index (χ2n) is 6.04. The molecule has 2 aromatic carbocycles. The predicted molar refractivity (Wildman–Crippen MR) is 100 cm³/mol. The van der Waals surface area contributed by atoms with Gasteiger partial charge >= 0.3 is 0 Å². The van der Waals surface area contributed by atoms with Crippen LogP contribution < -0.4 is 15.5 Å². The lowest BCUT2D eigenvalue weighted by molar-refractivity contribution is 0.0946. The molecule has 1 amide bonds. The highest BCUT2D eigenvalue weighted by molar-refractivity contribution is 5.94. The summed E-state index contributed by atoms with van der Waals surface area (Å²) in [6, 6.07) is 16.7. The molecule has 0 spiro atoms. The van der Waals surface area contributed by atoms with Crippen molar-refractivity contribution in [3.63, 3.8) is 0 Å². The van der Waals surface area contributed by atoms with Crippen LogP contribution in [0.2, 0.25) is 0 Å². The Kier molecular flexibility index (Phi) is 5.66. The minimum absolute atomic E-state index is 0.0367. The minimum atomic E-state index is -0.589. The Balaban J connectivity index is 1.67. The van der Waals surface area contributed by atoms with Crippen LogP contribution in [0.5, 0.6) is 5.75 Å². The summed E-state index contributed by atoms with van der Waals surface area (Å²) in [5.41, 5.74) is 1.22. The molecule has 0 aliphatic rings. The highest BCUT2D eigenvalue weighted by Crippen LogP contribution is 2.10. The van der Waals surface area contributed by atoms with E-state index < -0.39 is 11.7 Å². The first-order chi connectivity index (χ1) is 13.0. The number of nitrogens with one attached hydrogen (secondary N) is 1. The maximum Gasteiger partial charge on any atom is 0.254 e. The van der Waals surface area contributed by atoms with E-state index in [2.05, 4.69) is 5.32 Å². The van der Waals surface area contributed by atoms with E-state index in [0.29, 0.717) is 12.3 Å². The number of carbonyl (C=O) groups is 1. The summed E-state index contributed by atoms with van der Waals surface area (Å²) in [7, 11) is 1.75. The van der Waals surface area contributed by atoms with E-state index in [9.17, 15) is 14.0 Å². The second kappa shape index (κ2) is 8.31. The topological polar surface area (TPSA) is 60.3 Å². The summed E-state index contributed by atoms with van der Waals surface area (Å²) in [5, 5.41) is 2.62. The van der Waals surface area contributed by atoms with Crippen LogP contribution in [0.4, 0.5) is 4.39 Å². The third-order valence-electron chi connectivity index (χ3n) is 4.09. The fourth-order valence-electron chi connectivity index (χ4n) is 2.58. The van der Waals surface area contributed by atoms with E-state index in [0.717, 1.165) is 5.56 Å². The van der Waals surface area contributed by atoms with Gasteiger partial charge in [0.1, 0.15) is 12.4 Å². The van der Waals surface area contributed by atoms with Crippen molar-refractivity contribution >= 4 is 5.91 Å². The summed E-state index contributed by atoms with van der Waals surface area (Å²) in [6.45, 7) is 0.386. The number of hydrogen-bond donors (Lipinski definition) is 1. The third kappa shape index (κ3) is 4.61. The van der Waals surface area contributed by atoms with Crippen molar-refractivity contribution in [3.05, 3.63) is 99.7 Å². The lowest BCUT2D eigenvalue weighted by atomic mass is 10.2. The zero-order valence-corrected chi connectivity index (χ0v) is 14.8. The average molecular weight is 366 g/mol. The molecule has 0 aliphatic heterocycles. The van der Waals surface area contributed by atoms with Crippen LogP contribution in [0.15, 0.2) is 71.7 Å². The van der Waals surface area contributed by atoms with E-state index in [4.69, 9.17) is 4.74 Å². The van der Waals surface area contributed by atoms with Gasteiger partial charge < -0.3 is 14.6 Å². The zero-order chi connectivity index (χ0) is 19.2. The van der Waals surface area contributed by atoms with Crippen molar-refractivity contribution in [3.8, 4) is 5.75 Å². The molecular weight excluding hydrogens is 347 g/mol. The van der Waals surface area contributed by atoms with Crippen molar-refractivity contribution < 1.29 is 13.9 Å². The van der Waals surface area contributed by atoms with Crippen LogP contribution >= 0.6 is 0 Å². The molecule has 0 saturated heterocycles. The Hall–Kier alpha value is -3.41. The number of aryl methyl sites for hydroxylation is 1. The van der Waals surface area contributed by atoms with Gasteiger partial charge in [-0.15, -0.1) is 0 Å². The highest BCUT2D eigenvalue weighted by Gasteiger charge is 2.12. The van der Waals surface area contributed by atoms with Gasteiger partial charge in [0.2, 0.25) is 5.43 Å². The average Bonchev–Trinajstić information content (AvgIpc) is 2.68. The maximum absolute atomic E-state index is 13.7. The van der Waals surface area contributed by atoms with Gasteiger partial charge in [-0.1, -0.05) is 42.5 Å². The highest BCUT2D eigenvalue weighted by atomic mass is 19.1. The Bertz CT molecular complexity index is 1000. The number of benzene rings is 2. The first kappa shape index (κ1) is 18.4. The molecule has 0 aliphatic carbocycles. The summed E-state index contributed by atoms with van der Waals surface area (Å²) >= 11 is 0. The first-order valence-corrected chi connectivity index (χ1v) is 8.43. The predicted octanol–water partition coefficient (Wildman–Crippen LogP) is 3.03. The van der Waals surface area contributed by atoms with Gasteiger partial charge in [0.25, 0.3) is 5.91 Å². The number of aromatic nitrogens is 1. The molecule has 0 saturated carbocycles. The van der Waals surface area contributed by atoms with Crippen LogP contribution in [0, 0.1) is 5.82 Å². The summed E-state index contributed by atoms with van der Waals surface area (Å²) < 4.78 is 21.0. The molecule has 0 atom stereocenters. The Labute approximate surface area is 156 Å². The van der Waals surface area contributed by atoms with Crippen LogP contribution in [0.3, 0.4) is 0 Å². The number of ether oxygens (including phenoxy) is 1. The summed E-state index contributed by atoms with van der Waals surface area (Å²) in [6.07, 6.45) is 1.58. The number of pyridine rings is 1. The SMILES string of the molecule is Cn1cc(OCc2ccccc2)c(=O)cc1CNC(=O)c1ccccc1F. The molecule has 0 unspecified atom stereocenters. The van der Waals surface area contributed by atoms with Crippen LogP contribution in [-0.2, 0) is 20.2 Å². The molecule has 3 rings (SSSR count). The fourth-order valence-corrected chi connectivity index (χ4v) is 2.58. The lowest BCUT2D eigenvalue weighted by Crippen LogP contribution is -2.26. The van der Waals surface area contributed by atoms with E-state index in [1.54, 1.807) is 23.9 Å². The maximum atomic E-state index is 13.7. The number of nitrogens with zero attached hydrogens (tertiary/aromatic N) is 1. The number of rotatable bonds is 6. The molecule has 3 aromatic rings. The number of carbonyl (C=O) groups excluding carboxylic acids is 1. The number of halogens is 1. The Morgan fingerprint density at radius 2 is 1.81 bits per heavy atom. The van der Waals surface area contributed by atoms with Gasteiger partial charge in [-0.2, -0.15) is 0 Å². The lowest BCUT2D eigenvalue weighted by Gasteiger charge is -2.13. The van der Waals surface area contributed by atoms with Gasteiger partial charge in [-0.25, -0.2) is 4.39 Å². The quantitative estimate of drug-likeness (QED) is 0.729. The fraction of sp³-hybridized carbons (Fsp3) is 0.143. The monoisotopic (exact) mass is 366 g/mol. The molecule has 1 aromatic heterocycles. The van der Waals surface area contributed by atoms with Gasteiger partial charge in [-0.05, 0) is 17.7 Å². The molecule has 138 valence electrons. The zero-order valence-electron chi connectivity index (χ0n) is 14.8. The molecule has 0 fully saturated rings. The molecular formula is C21H19FN2O3. The molecule has 0 bridgehead atoms. The van der Waals surface area contributed by atoms with Crippen molar-refractivity contribution in [1.82, 2.24) is 9.88 Å². The molecule has 1 heterocycles. The molecule has 5 nitrogen and oxygen atoms in total. The smallest absolute Gasteiger partial charge is 0.254 e. The van der Waals surface area contributed by atoms with Crippen LogP contribution in [0.1, 0.15) is 21.6 Å². The number of amides is 1. The first-order valence-electron chi connectivity index (χ1n) is 8.43. The summed E-state index contributed by atoms with van der Waals surface area (Å²) in [5.74, 6) is -0.899. The molecule has 1 N–H and O–H groups in total. The van der Waals surface area contributed by atoms with Crippen LogP contribution in [0.25, 0.3) is 0 Å². The summed E-state index contributed by atoms with van der Waals surface area (Å²) in [4.78, 5) is 24.4. The van der Waals surface area contributed by atoms with E-state index in [-0.39, 0.29) is 23.3 Å². The molecule has 6 heteroatoms. The van der Waals surface area contributed by atoms with Crippen LogP contribution in [-0.4, -0.2) is 10.5 Å². The standard InChI is InChI=1S/C21H19FN2O3/c1-24-13-20(27-14-15-7-3-2-4-8-15)19(25)11-16(24)12-23-21(26)17-9-5-6-10-18(17)22/h2-11,13H,12,14H2,1H3,(H,23,26). The van der Waals surface area contributed by atoms with Crippen molar-refractivity contribution in [1.29, 1.82) is 0 Å². The molecule has 0 radical (unpaired) electrons. The van der Waals surface area contributed by atoms with Crippen molar-refractivity contribution in [2.24, 2.45) is 7.05 Å². The van der Waals surface area contributed by atoms with E-state index in [1.807, 2.05) is 30.3 Å². The Morgan fingerprint density at radius 1 is 1.11 bits per heavy atom. The van der Waals surface area contributed by atoms with E-state index >= 15 is 0 Å². The Morgan fingerprint density at radius 3 is 2.56 bits per heavy atom. The molecule has 27 heavy (non-hydrogen) atoms. The second-order valence-corrected chi connectivity index (χ2v) is 6.04.